The molecule has 0 unspecified atom stereocenters. The summed E-state index contributed by atoms with van der Waals surface area (Å²) in [5, 5.41) is 16.2. The van der Waals surface area contributed by atoms with Crippen LogP contribution in [0.4, 0.5) is 11.4 Å². The molecule has 0 atom stereocenters. The van der Waals surface area contributed by atoms with E-state index in [4.69, 9.17) is 9.47 Å². The van der Waals surface area contributed by atoms with E-state index < -0.39 is 10.8 Å². The van der Waals surface area contributed by atoms with Crippen LogP contribution >= 0.6 is 11.3 Å². The molecule has 10 heteroatoms. The summed E-state index contributed by atoms with van der Waals surface area (Å²) in [6.45, 7) is 2.06. The van der Waals surface area contributed by atoms with E-state index in [1.54, 1.807) is 30.4 Å². The number of hydrogen-bond acceptors (Lipinski definition) is 7. The summed E-state index contributed by atoms with van der Waals surface area (Å²) < 4.78 is 12.5. The van der Waals surface area contributed by atoms with Crippen molar-refractivity contribution in [1.29, 1.82) is 0 Å². The van der Waals surface area contributed by atoms with Crippen LogP contribution in [0, 0.1) is 10.1 Å². The molecule has 0 saturated carbocycles. The highest BCUT2D eigenvalue weighted by Gasteiger charge is 2.25. The summed E-state index contributed by atoms with van der Waals surface area (Å²) in [6, 6.07) is 9.61. The van der Waals surface area contributed by atoms with Gasteiger partial charge in [0, 0.05) is 35.1 Å². The molecular formula is C21H18N4O5S. The van der Waals surface area contributed by atoms with Gasteiger partial charge in [-0.25, -0.2) is 4.98 Å². The van der Waals surface area contributed by atoms with Gasteiger partial charge in [0.25, 0.3) is 11.6 Å². The maximum atomic E-state index is 12.8. The summed E-state index contributed by atoms with van der Waals surface area (Å²) in [5.74, 6) is -0.173. The predicted molar refractivity (Wildman–Crippen MR) is 117 cm³/mol. The molecule has 2 aromatic heterocycles. The number of fused-ring (bicyclic) bond motifs is 1. The fraction of sp³-hybridized carbons (Fsp3) is 0.143. The number of benzene rings is 2. The smallest absolute Gasteiger partial charge is 0.286 e. The number of aromatic nitrogens is 2. The van der Waals surface area contributed by atoms with Gasteiger partial charge in [-0.15, -0.1) is 11.3 Å². The summed E-state index contributed by atoms with van der Waals surface area (Å²) in [4.78, 5) is 29.1. The van der Waals surface area contributed by atoms with E-state index in [1.807, 2.05) is 34.3 Å². The zero-order valence-corrected chi connectivity index (χ0v) is 17.5. The lowest BCUT2D eigenvalue weighted by atomic mass is 10.1. The van der Waals surface area contributed by atoms with Crippen LogP contribution < -0.4 is 14.8 Å². The van der Waals surface area contributed by atoms with Crippen LogP contribution in [0.3, 0.4) is 0 Å². The van der Waals surface area contributed by atoms with Crippen LogP contribution in [-0.4, -0.2) is 33.9 Å². The van der Waals surface area contributed by atoms with Gasteiger partial charge in [0.15, 0.2) is 16.5 Å². The molecule has 2 aromatic carbocycles. The average Bonchev–Trinajstić information content (AvgIpc) is 3.36. The second-order valence-corrected chi connectivity index (χ2v) is 7.33. The quantitative estimate of drug-likeness (QED) is 0.333. The maximum absolute atomic E-state index is 12.8. The van der Waals surface area contributed by atoms with Crippen molar-refractivity contribution in [2.45, 2.75) is 6.92 Å². The van der Waals surface area contributed by atoms with E-state index in [9.17, 15) is 14.9 Å². The minimum atomic E-state index is -0.622. The number of nitrogens with zero attached hydrogens (tertiary/aromatic N) is 3. The van der Waals surface area contributed by atoms with Crippen LogP contribution in [0.15, 0.2) is 54.2 Å². The first-order valence-electron chi connectivity index (χ1n) is 9.33. The number of nitrogens with one attached hydrogen (secondary N) is 1. The van der Waals surface area contributed by atoms with Gasteiger partial charge >= 0.3 is 0 Å². The molecule has 0 spiro atoms. The molecule has 0 aliphatic carbocycles. The number of imidazole rings is 1. The van der Waals surface area contributed by atoms with Gasteiger partial charge in [0.05, 0.1) is 30.4 Å². The largest absolute Gasteiger partial charge is 0.493 e. The average molecular weight is 438 g/mol. The Labute approximate surface area is 181 Å². The number of thiazole rings is 1. The zero-order valence-electron chi connectivity index (χ0n) is 16.7. The minimum absolute atomic E-state index is 0.122. The van der Waals surface area contributed by atoms with Crippen LogP contribution in [0.5, 0.6) is 11.5 Å². The van der Waals surface area contributed by atoms with Gasteiger partial charge in [0.1, 0.15) is 5.56 Å². The van der Waals surface area contributed by atoms with Crippen molar-refractivity contribution in [2.75, 3.05) is 19.0 Å². The van der Waals surface area contributed by atoms with Crippen molar-refractivity contribution in [1.82, 2.24) is 9.38 Å². The van der Waals surface area contributed by atoms with E-state index >= 15 is 0 Å². The van der Waals surface area contributed by atoms with Gasteiger partial charge in [-0.05, 0) is 19.1 Å². The van der Waals surface area contributed by atoms with E-state index in [2.05, 4.69) is 10.3 Å². The molecule has 4 aromatic rings. The Morgan fingerprint density at radius 2 is 2.03 bits per heavy atom. The topological polar surface area (TPSA) is 108 Å². The number of carbonyl (C=O) groups excluding carboxylic acids is 1. The molecule has 31 heavy (non-hydrogen) atoms. The molecule has 0 aliphatic rings. The molecule has 0 bridgehead atoms. The van der Waals surface area contributed by atoms with Crippen molar-refractivity contribution in [3.05, 3.63) is 69.8 Å². The lowest BCUT2D eigenvalue weighted by Crippen LogP contribution is -2.14. The predicted octanol–water partition coefficient (Wildman–Crippen LogP) is 4.63. The van der Waals surface area contributed by atoms with Gasteiger partial charge in [0.2, 0.25) is 0 Å². The molecule has 0 aliphatic heterocycles. The van der Waals surface area contributed by atoms with Crippen molar-refractivity contribution < 1.29 is 19.2 Å². The normalized spacial score (nSPS) is 10.8. The summed E-state index contributed by atoms with van der Waals surface area (Å²) in [5.41, 5.74) is 1.72. The number of carbonyl (C=O) groups is 1. The molecule has 1 N–H and O–H groups in total. The lowest BCUT2D eigenvalue weighted by molar-refractivity contribution is -0.385. The Bertz CT molecular complexity index is 1230. The summed E-state index contributed by atoms with van der Waals surface area (Å²) in [6.07, 6.45) is 3.86. The first kappa shape index (κ1) is 20.4. The van der Waals surface area contributed by atoms with Crippen LogP contribution in [0.2, 0.25) is 0 Å². The number of rotatable bonds is 7. The SMILES string of the molecule is CCOc1cc([N+](=O)[O-])c(C(=O)Nc2ccc(-c3cn4ccsc4n3)cc2)cc1OC. The van der Waals surface area contributed by atoms with Gasteiger partial charge in [-0.1, -0.05) is 12.1 Å². The van der Waals surface area contributed by atoms with Crippen molar-refractivity contribution in [3.8, 4) is 22.8 Å². The molecule has 2 heterocycles. The highest BCUT2D eigenvalue weighted by atomic mass is 32.1. The second-order valence-electron chi connectivity index (χ2n) is 6.46. The third kappa shape index (κ3) is 4.05. The molecule has 158 valence electrons. The van der Waals surface area contributed by atoms with Gasteiger partial charge in [-0.2, -0.15) is 0 Å². The van der Waals surface area contributed by atoms with Gasteiger partial charge < -0.3 is 14.8 Å². The van der Waals surface area contributed by atoms with Crippen molar-refractivity contribution >= 4 is 33.6 Å². The second kappa shape index (κ2) is 8.44. The Morgan fingerprint density at radius 1 is 1.26 bits per heavy atom. The first-order chi connectivity index (χ1) is 15.0. The molecule has 0 radical (unpaired) electrons. The summed E-state index contributed by atoms with van der Waals surface area (Å²) in [7, 11) is 1.41. The number of amides is 1. The van der Waals surface area contributed by atoms with Gasteiger partial charge in [-0.3, -0.25) is 19.3 Å². The zero-order chi connectivity index (χ0) is 22.0. The number of ether oxygens (including phenoxy) is 2. The highest BCUT2D eigenvalue weighted by Crippen LogP contribution is 2.35. The van der Waals surface area contributed by atoms with E-state index in [-0.39, 0.29) is 22.7 Å². The maximum Gasteiger partial charge on any atom is 0.286 e. The number of methoxy groups -OCH3 is 1. The molecule has 0 fully saturated rings. The fourth-order valence-electron chi connectivity index (χ4n) is 3.10. The minimum Gasteiger partial charge on any atom is -0.493 e. The Hall–Kier alpha value is -3.92. The Kier molecular flexibility index (Phi) is 5.54. The third-order valence-corrected chi connectivity index (χ3v) is 5.33. The van der Waals surface area contributed by atoms with Crippen LogP contribution in [0.1, 0.15) is 17.3 Å². The monoisotopic (exact) mass is 438 g/mol. The van der Waals surface area contributed by atoms with Crippen molar-refractivity contribution in [2.24, 2.45) is 0 Å². The number of nitro groups is 1. The molecule has 9 nitrogen and oxygen atoms in total. The standard InChI is InChI=1S/C21H18N4O5S/c1-3-30-19-11-17(25(27)28)15(10-18(19)29-2)20(26)22-14-6-4-13(5-7-14)16-12-24-8-9-31-21(24)23-16/h4-12H,3H2,1-2H3,(H,22,26). The highest BCUT2D eigenvalue weighted by molar-refractivity contribution is 7.15. The summed E-state index contributed by atoms with van der Waals surface area (Å²) >= 11 is 1.54. The van der Waals surface area contributed by atoms with E-state index in [1.165, 1.54) is 19.2 Å². The number of nitro benzene ring substituents is 1. The Balaban J connectivity index is 1.58. The molecule has 1 amide bonds. The Morgan fingerprint density at radius 3 is 2.68 bits per heavy atom. The first-order valence-corrected chi connectivity index (χ1v) is 10.2. The van der Waals surface area contributed by atoms with Crippen molar-refractivity contribution in [3.63, 3.8) is 0 Å². The van der Waals surface area contributed by atoms with Crippen LogP contribution in [-0.2, 0) is 0 Å². The number of hydrogen-bond donors (Lipinski definition) is 1. The molecule has 4 rings (SSSR count). The lowest BCUT2D eigenvalue weighted by Gasteiger charge is -2.12. The molecule has 0 saturated heterocycles. The van der Waals surface area contributed by atoms with E-state index in [0.29, 0.717) is 12.3 Å². The van der Waals surface area contributed by atoms with E-state index in [0.717, 1.165) is 16.2 Å². The third-order valence-electron chi connectivity index (χ3n) is 4.55. The van der Waals surface area contributed by atoms with Crippen LogP contribution in [0.25, 0.3) is 16.2 Å². The number of anilines is 1. The molecular weight excluding hydrogens is 420 g/mol. The fourth-order valence-corrected chi connectivity index (χ4v) is 3.80.